The van der Waals surface area contributed by atoms with Gasteiger partial charge in [0.15, 0.2) is 0 Å². The highest BCUT2D eigenvalue weighted by Crippen LogP contribution is 2.19. The Morgan fingerprint density at radius 2 is 2.05 bits per heavy atom. The summed E-state index contributed by atoms with van der Waals surface area (Å²) < 4.78 is 4.97. The first-order valence-corrected chi connectivity index (χ1v) is 7.01. The van der Waals surface area contributed by atoms with E-state index in [9.17, 15) is 9.59 Å². The van der Waals surface area contributed by atoms with Gasteiger partial charge in [0.05, 0.1) is 6.61 Å². The van der Waals surface area contributed by atoms with Gasteiger partial charge in [0, 0.05) is 31.9 Å². The van der Waals surface area contributed by atoms with E-state index in [1.54, 1.807) is 16.9 Å². The Labute approximate surface area is 124 Å². The number of hydrogen-bond acceptors (Lipinski definition) is 3. The zero-order valence-electron chi connectivity index (χ0n) is 12.4. The molecular formula is C15H21N3O3. The molecule has 1 atom stereocenters. The molecule has 1 fully saturated rings. The van der Waals surface area contributed by atoms with E-state index < -0.39 is 0 Å². The number of ether oxygens (including phenoxy) is 1. The maximum Gasteiger partial charge on any atom is 0.325 e. The zero-order chi connectivity index (χ0) is 15.2. The second-order valence-corrected chi connectivity index (χ2v) is 5.12. The third-order valence-corrected chi connectivity index (χ3v) is 3.32. The van der Waals surface area contributed by atoms with Gasteiger partial charge < -0.3 is 15.0 Å². The summed E-state index contributed by atoms with van der Waals surface area (Å²) in [4.78, 5) is 27.4. The summed E-state index contributed by atoms with van der Waals surface area (Å²) in [7, 11) is 1.59. The summed E-state index contributed by atoms with van der Waals surface area (Å²) >= 11 is 0. The Morgan fingerprint density at radius 3 is 2.71 bits per heavy atom. The lowest BCUT2D eigenvalue weighted by molar-refractivity contribution is -0.122. The smallest absolute Gasteiger partial charge is 0.325 e. The summed E-state index contributed by atoms with van der Waals surface area (Å²) in [5.74, 6) is -0.164. The molecular weight excluding hydrogens is 270 g/mol. The van der Waals surface area contributed by atoms with Crippen molar-refractivity contribution in [2.24, 2.45) is 0 Å². The lowest BCUT2D eigenvalue weighted by Gasteiger charge is -2.19. The predicted octanol–water partition coefficient (Wildman–Crippen LogP) is 1.08. The number of para-hydroxylation sites is 1. The molecule has 1 heterocycles. The van der Waals surface area contributed by atoms with Crippen LogP contribution in [0.1, 0.15) is 6.92 Å². The van der Waals surface area contributed by atoms with Crippen molar-refractivity contribution in [1.82, 2.24) is 10.2 Å². The maximum atomic E-state index is 12.3. The molecule has 0 unspecified atom stereocenters. The van der Waals surface area contributed by atoms with Crippen molar-refractivity contribution in [1.29, 1.82) is 0 Å². The number of methoxy groups -OCH3 is 1. The van der Waals surface area contributed by atoms with Crippen molar-refractivity contribution >= 4 is 17.6 Å². The monoisotopic (exact) mass is 291 g/mol. The van der Waals surface area contributed by atoms with E-state index in [1.165, 1.54) is 0 Å². The molecule has 0 bridgehead atoms. The van der Waals surface area contributed by atoms with Crippen LogP contribution in [0.2, 0.25) is 0 Å². The highest BCUT2D eigenvalue weighted by Gasteiger charge is 2.30. The Morgan fingerprint density at radius 1 is 1.33 bits per heavy atom. The Kier molecular flexibility index (Phi) is 5.16. The molecule has 1 aromatic carbocycles. The summed E-state index contributed by atoms with van der Waals surface area (Å²) in [6, 6.07) is 9.28. The summed E-state index contributed by atoms with van der Waals surface area (Å²) in [5.41, 5.74) is 0.859. The molecule has 1 aliphatic rings. The molecule has 0 radical (unpaired) electrons. The number of carbonyl (C=O) groups is 2. The Bertz CT molecular complexity index is 492. The van der Waals surface area contributed by atoms with Crippen molar-refractivity contribution in [3.63, 3.8) is 0 Å². The predicted molar refractivity (Wildman–Crippen MR) is 80.2 cm³/mol. The summed E-state index contributed by atoms with van der Waals surface area (Å²) in [5, 5.41) is 2.81. The zero-order valence-corrected chi connectivity index (χ0v) is 12.4. The normalized spacial score (nSPS) is 16.2. The number of nitrogens with zero attached hydrogens (tertiary/aromatic N) is 2. The topological polar surface area (TPSA) is 61.9 Å². The van der Waals surface area contributed by atoms with Crippen molar-refractivity contribution in [3.8, 4) is 0 Å². The van der Waals surface area contributed by atoms with Gasteiger partial charge in [0.2, 0.25) is 5.91 Å². The van der Waals surface area contributed by atoms with Gasteiger partial charge in [-0.2, -0.15) is 0 Å². The van der Waals surface area contributed by atoms with Crippen LogP contribution in [-0.4, -0.2) is 56.2 Å². The lowest BCUT2D eigenvalue weighted by Crippen LogP contribution is -2.44. The number of rotatable bonds is 6. The molecule has 0 spiro atoms. The van der Waals surface area contributed by atoms with Crippen LogP contribution in [0.25, 0.3) is 0 Å². The van der Waals surface area contributed by atoms with E-state index >= 15 is 0 Å². The van der Waals surface area contributed by atoms with E-state index in [2.05, 4.69) is 5.32 Å². The average Bonchev–Trinajstić information content (AvgIpc) is 2.81. The fourth-order valence-corrected chi connectivity index (χ4v) is 2.36. The number of hydrogen-bond donors (Lipinski definition) is 1. The quantitative estimate of drug-likeness (QED) is 0.853. The second-order valence-electron chi connectivity index (χ2n) is 5.12. The largest absolute Gasteiger partial charge is 0.383 e. The summed E-state index contributed by atoms with van der Waals surface area (Å²) in [6.07, 6.45) is 0. The minimum atomic E-state index is -0.164. The second kappa shape index (κ2) is 7.08. The van der Waals surface area contributed by atoms with Crippen LogP contribution in [0.5, 0.6) is 0 Å². The molecule has 21 heavy (non-hydrogen) atoms. The molecule has 0 aromatic heterocycles. The Hall–Kier alpha value is -2.08. The van der Waals surface area contributed by atoms with Gasteiger partial charge >= 0.3 is 6.03 Å². The van der Waals surface area contributed by atoms with Gasteiger partial charge in [-0.05, 0) is 19.1 Å². The first-order chi connectivity index (χ1) is 10.1. The minimum Gasteiger partial charge on any atom is -0.383 e. The molecule has 1 N–H and O–H groups in total. The number of urea groups is 1. The van der Waals surface area contributed by atoms with Crippen LogP contribution in [0.3, 0.4) is 0 Å². The molecule has 114 valence electrons. The van der Waals surface area contributed by atoms with Gasteiger partial charge in [0.25, 0.3) is 0 Å². The third-order valence-electron chi connectivity index (χ3n) is 3.32. The molecule has 2 rings (SSSR count). The lowest BCUT2D eigenvalue weighted by atomic mass is 10.3. The highest BCUT2D eigenvalue weighted by molar-refractivity contribution is 5.96. The molecule has 1 aliphatic heterocycles. The molecule has 3 amide bonds. The average molecular weight is 291 g/mol. The fourth-order valence-electron chi connectivity index (χ4n) is 2.36. The van der Waals surface area contributed by atoms with Gasteiger partial charge in [-0.25, -0.2) is 4.79 Å². The van der Waals surface area contributed by atoms with Gasteiger partial charge in [0.1, 0.15) is 6.54 Å². The number of amides is 3. The molecule has 6 nitrogen and oxygen atoms in total. The van der Waals surface area contributed by atoms with Crippen molar-refractivity contribution in [2.75, 3.05) is 38.3 Å². The first-order valence-electron chi connectivity index (χ1n) is 7.01. The van der Waals surface area contributed by atoms with Crippen LogP contribution < -0.4 is 10.2 Å². The van der Waals surface area contributed by atoms with Crippen molar-refractivity contribution in [2.45, 2.75) is 13.0 Å². The van der Waals surface area contributed by atoms with Crippen LogP contribution >= 0.6 is 0 Å². The molecule has 1 saturated heterocycles. The maximum absolute atomic E-state index is 12.3. The minimum absolute atomic E-state index is 0.0644. The van der Waals surface area contributed by atoms with Crippen molar-refractivity contribution in [3.05, 3.63) is 30.3 Å². The van der Waals surface area contributed by atoms with E-state index in [4.69, 9.17) is 4.74 Å². The van der Waals surface area contributed by atoms with Gasteiger partial charge in [-0.15, -0.1) is 0 Å². The fraction of sp³-hybridized carbons (Fsp3) is 0.467. The van der Waals surface area contributed by atoms with Crippen LogP contribution in [-0.2, 0) is 9.53 Å². The van der Waals surface area contributed by atoms with E-state index in [0.29, 0.717) is 19.7 Å². The van der Waals surface area contributed by atoms with E-state index in [0.717, 1.165) is 5.69 Å². The number of carbonyl (C=O) groups excluding carboxylic acids is 2. The Balaban J connectivity index is 1.89. The summed E-state index contributed by atoms with van der Waals surface area (Å²) in [6.45, 7) is 3.55. The standard InChI is InChI=1S/C15H21N3O3/c1-12(11-21-2)16-14(19)10-17-8-9-18(15(17)20)13-6-4-3-5-7-13/h3-7,12H,8-11H2,1-2H3,(H,16,19)/t12-/m1/s1. The molecule has 0 aliphatic carbocycles. The molecule has 0 saturated carbocycles. The SMILES string of the molecule is COC[C@@H](C)NC(=O)CN1CCN(c2ccccc2)C1=O. The first kappa shape index (κ1) is 15.3. The molecule has 6 heteroatoms. The van der Waals surface area contributed by atoms with E-state index in [-0.39, 0.29) is 24.5 Å². The van der Waals surface area contributed by atoms with Gasteiger partial charge in [-0.3, -0.25) is 9.69 Å². The van der Waals surface area contributed by atoms with E-state index in [1.807, 2.05) is 37.3 Å². The number of nitrogens with one attached hydrogen (secondary N) is 1. The van der Waals surface area contributed by atoms with Crippen molar-refractivity contribution < 1.29 is 14.3 Å². The molecule has 1 aromatic rings. The van der Waals surface area contributed by atoms with Crippen LogP contribution in [0.15, 0.2) is 30.3 Å². The van der Waals surface area contributed by atoms with Crippen LogP contribution in [0, 0.1) is 0 Å². The third kappa shape index (κ3) is 3.95. The van der Waals surface area contributed by atoms with Crippen LogP contribution in [0.4, 0.5) is 10.5 Å². The highest BCUT2D eigenvalue weighted by atomic mass is 16.5. The van der Waals surface area contributed by atoms with Gasteiger partial charge in [-0.1, -0.05) is 18.2 Å². The number of benzene rings is 1. The number of anilines is 1.